The number of likely N-dealkylation sites (N-methyl/N-ethyl adjacent to an activating group) is 1. The van der Waals surface area contributed by atoms with E-state index in [4.69, 9.17) is 4.74 Å². The SMILES string of the molecule is CCOc1ccc(C(O)=C2C(=O)C(=O)N(CCN(CC)CC)C2c2ccc(N(C)C)cc2)cc1C. The summed E-state index contributed by atoms with van der Waals surface area (Å²) in [6.45, 7) is 11.2. The first-order chi connectivity index (χ1) is 16.7. The molecule has 0 bridgehead atoms. The Bertz CT molecular complexity index is 1090. The van der Waals surface area contributed by atoms with Gasteiger partial charge in [0.05, 0.1) is 18.2 Å². The smallest absolute Gasteiger partial charge is 0.295 e. The molecule has 2 aromatic rings. The fraction of sp³-hybridized carbons (Fsp3) is 0.429. The monoisotopic (exact) mass is 479 g/mol. The summed E-state index contributed by atoms with van der Waals surface area (Å²) in [5, 5.41) is 11.3. The molecule has 1 heterocycles. The first-order valence-electron chi connectivity index (χ1n) is 12.2. The number of carbonyl (C=O) groups is 2. The minimum atomic E-state index is -0.659. The number of likely N-dealkylation sites (tertiary alicyclic amines) is 1. The van der Waals surface area contributed by atoms with Crippen molar-refractivity contribution in [2.24, 2.45) is 0 Å². The molecule has 7 nitrogen and oxygen atoms in total. The normalized spacial score (nSPS) is 17.3. The van der Waals surface area contributed by atoms with Crippen molar-refractivity contribution in [1.82, 2.24) is 9.80 Å². The van der Waals surface area contributed by atoms with Crippen LogP contribution in [0.3, 0.4) is 0 Å². The number of rotatable bonds is 10. The molecular weight excluding hydrogens is 442 g/mol. The van der Waals surface area contributed by atoms with Gasteiger partial charge in [0.25, 0.3) is 11.7 Å². The Balaban J connectivity index is 2.10. The molecule has 3 rings (SSSR count). The summed E-state index contributed by atoms with van der Waals surface area (Å²) in [5.74, 6) is -0.681. The van der Waals surface area contributed by atoms with Crippen LogP contribution in [0.5, 0.6) is 5.75 Å². The molecule has 1 atom stereocenters. The van der Waals surface area contributed by atoms with Crippen LogP contribution < -0.4 is 9.64 Å². The van der Waals surface area contributed by atoms with Gasteiger partial charge in [0, 0.05) is 38.4 Å². The van der Waals surface area contributed by atoms with Gasteiger partial charge < -0.3 is 24.5 Å². The molecule has 0 aliphatic carbocycles. The number of amides is 1. The van der Waals surface area contributed by atoms with Crippen LogP contribution >= 0.6 is 0 Å². The minimum absolute atomic E-state index is 0.121. The Morgan fingerprint density at radius 2 is 1.69 bits per heavy atom. The Kier molecular flexibility index (Phi) is 8.57. The Labute approximate surface area is 208 Å². The number of aliphatic hydroxyl groups is 1. The molecule has 35 heavy (non-hydrogen) atoms. The van der Waals surface area contributed by atoms with E-state index >= 15 is 0 Å². The second-order valence-electron chi connectivity index (χ2n) is 8.92. The highest BCUT2D eigenvalue weighted by Crippen LogP contribution is 2.40. The van der Waals surface area contributed by atoms with E-state index in [2.05, 4.69) is 18.7 Å². The highest BCUT2D eigenvalue weighted by atomic mass is 16.5. The Morgan fingerprint density at radius 3 is 2.23 bits per heavy atom. The summed E-state index contributed by atoms with van der Waals surface area (Å²) in [5.41, 5.74) is 3.26. The van der Waals surface area contributed by atoms with Gasteiger partial charge in [0.15, 0.2) is 0 Å². The summed E-state index contributed by atoms with van der Waals surface area (Å²) in [6, 6.07) is 12.4. The van der Waals surface area contributed by atoms with E-state index in [1.54, 1.807) is 23.1 Å². The highest BCUT2D eigenvalue weighted by molar-refractivity contribution is 6.46. The molecule has 7 heteroatoms. The van der Waals surface area contributed by atoms with E-state index in [0.717, 1.165) is 35.7 Å². The number of anilines is 1. The first-order valence-corrected chi connectivity index (χ1v) is 12.2. The van der Waals surface area contributed by atoms with Crippen LogP contribution in [0.25, 0.3) is 5.76 Å². The molecule has 1 aliphatic heterocycles. The van der Waals surface area contributed by atoms with Gasteiger partial charge in [-0.1, -0.05) is 26.0 Å². The standard InChI is InChI=1S/C28H37N3O4/c1-7-30(8-2)16-17-31-25(20-10-13-22(14-11-20)29(5)6)24(27(33)28(31)34)26(32)21-12-15-23(35-9-3)19(4)18-21/h10-15,18,25,32H,7-9,16-17H2,1-6H3. The van der Waals surface area contributed by atoms with E-state index in [1.807, 2.05) is 57.1 Å². The molecule has 1 fully saturated rings. The Hall–Kier alpha value is -3.32. The number of carbonyl (C=O) groups excluding carboxylic acids is 2. The minimum Gasteiger partial charge on any atom is -0.507 e. The van der Waals surface area contributed by atoms with Gasteiger partial charge in [-0.05, 0) is 68.4 Å². The zero-order valence-corrected chi connectivity index (χ0v) is 21.7. The fourth-order valence-corrected chi connectivity index (χ4v) is 4.47. The van der Waals surface area contributed by atoms with Crippen LogP contribution in [0.1, 0.15) is 43.5 Å². The number of benzene rings is 2. The summed E-state index contributed by atoms with van der Waals surface area (Å²) in [7, 11) is 3.92. The summed E-state index contributed by atoms with van der Waals surface area (Å²) in [4.78, 5) is 32.3. The van der Waals surface area contributed by atoms with Crippen LogP contribution in [0.2, 0.25) is 0 Å². The number of hydrogen-bond acceptors (Lipinski definition) is 6. The number of aryl methyl sites for hydroxylation is 1. The molecule has 1 amide bonds. The van der Waals surface area contributed by atoms with E-state index < -0.39 is 17.7 Å². The van der Waals surface area contributed by atoms with Crippen molar-refractivity contribution >= 4 is 23.1 Å². The molecule has 2 aromatic carbocycles. The van der Waals surface area contributed by atoms with Gasteiger partial charge >= 0.3 is 0 Å². The van der Waals surface area contributed by atoms with Crippen LogP contribution in [-0.4, -0.2) is 73.5 Å². The van der Waals surface area contributed by atoms with E-state index in [9.17, 15) is 14.7 Å². The lowest BCUT2D eigenvalue weighted by Gasteiger charge is -2.28. The molecule has 0 radical (unpaired) electrons. The highest BCUT2D eigenvalue weighted by Gasteiger charge is 2.46. The molecular formula is C28H37N3O4. The maximum Gasteiger partial charge on any atom is 0.295 e. The third-order valence-electron chi connectivity index (χ3n) is 6.56. The van der Waals surface area contributed by atoms with Crippen LogP contribution in [0.4, 0.5) is 5.69 Å². The molecule has 1 aliphatic rings. The molecule has 188 valence electrons. The van der Waals surface area contributed by atoms with Crippen molar-refractivity contribution in [2.75, 3.05) is 51.8 Å². The van der Waals surface area contributed by atoms with E-state index in [0.29, 0.717) is 25.3 Å². The summed E-state index contributed by atoms with van der Waals surface area (Å²) in [6.07, 6.45) is 0. The zero-order valence-electron chi connectivity index (χ0n) is 21.7. The maximum atomic E-state index is 13.3. The number of Topliss-reactive ketones (excluding diaryl/α,β-unsaturated/α-hetero) is 1. The zero-order chi connectivity index (χ0) is 25.7. The van der Waals surface area contributed by atoms with E-state index in [-0.39, 0.29) is 11.3 Å². The van der Waals surface area contributed by atoms with Gasteiger partial charge in [-0.15, -0.1) is 0 Å². The lowest BCUT2D eigenvalue weighted by molar-refractivity contribution is -0.140. The number of nitrogens with zero attached hydrogens (tertiary/aromatic N) is 3. The predicted molar refractivity (Wildman–Crippen MR) is 140 cm³/mol. The second kappa shape index (κ2) is 11.4. The van der Waals surface area contributed by atoms with Crippen molar-refractivity contribution < 1.29 is 19.4 Å². The van der Waals surface area contributed by atoms with Gasteiger partial charge in [-0.25, -0.2) is 0 Å². The lowest BCUT2D eigenvalue weighted by Crippen LogP contribution is -2.38. The number of ketones is 1. The van der Waals surface area contributed by atoms with Crippen LogP contribution in [-0.2, 0) is 9.59 Å². The van der Waals surface area contributed by atoms with Crippen LogP contribution in [0.15, 0.2) is 48.0 Å². The summed E-state index contributed by atoms with van der Waals surface area (Å²) < 4.78 is 5.61. The van der Waals surface area contributed by atoms with Gasteiger partial charge in [0.1, 0.15) is 11.5 Å². The average molecular weight is 480 g/mol. The van der Waals surface area contributed by atoms with Gasteiger partial charge in [-0.2, -0.15) is 0 Å². The number of aliphatic hydroxyl groups excluding tert-OH is 1. The Morgan fingerprint density at radius 1 is 1.03 bits per heavy atom. The lowest BCUT2D eigenvalue weighted by atomic mass is 9.94. The van der Waals surface area contributed by atoms with Crippen molar-refractivity contribution in [1.29, 1.82) is 0 Å². The van der Waals surface area contributed by atoms with E-state index in [1.165, 1.54) is 0 Å². The number of hydrogen-bond donors (Lipinski definition) is 1. The molecule has 0 saturated carbocycles. The van der Waals surface area contributed by atoms with Crippen molar-refractivity contribution in [2.45, 2.75) is 33.7 Å². The number of ether oxygens (including phenoxy) is 1. The van der Waals surface area contributed by atoms with Crippen molar-refractivity contribution in [3.63, 3.8) is 0 Å². The quantitative estimate of drug-likeness (QED) is 0.312. The molecule has 0 spiro atoms. The van der Waals surface area contributed by atoms with Crippen molar-refractivity contribution in [3.05, 3.63) is 64.7 Å². The average Bonchev–Trinajstić information content (AvgIpc) is 3.10. The molecule has 1 N–H and O–H groups in total. The summed E-state index contributed by atoms with van der Waals surface area (Å²) >= 11 is 0. The maximum absolute atomic E-state index is 13.3. The fourth-order valence-electron chi connectivity index (χ4n) is 4.47. The van der Waals surface area contributed by atoms with Crippen LogP contribution in [0, 0.1) is 6.92 Å². The third kappa shape index (κ3) is 5.51. The first kappa shape index (κ1) is 26.3. The third-order valence-corrected chi connectivity index (χ3v) is 6.56. The van der Waals surface area contributed by atoms with Crippen molar-refractivity contribution in [3.8, 4) is 5.75 Å². The predicted octanol–water partition coefficient (Wildman–Crippen LogP) is 4.22. The molecule has 0 aromatic heterocycles. The largest absolute Gasteiger partial charge is 0.507 e. The second-order valence-corrected chi connectivity index (χ2v) is 8.92. The molecule has 1 unspecified atom stereocenters. The topological polar surface area (TPSA) is 73.3 Å². The van der Waals surface area contributed by atoms with Gasteiger partial charge in [0.2, 0.25) is 0 Å². The van der Waals surface area contributed by atoms with Gasteiger partial charge in [-0.3, -0.25) is 9.59 Å². The molecule has 1 saturated heterocycles.